The van der Waals surface area contributed by atoms with Crippen molar-refractivity contribution in [1.29, 1.82) is 0 Å². The standard InChI is InChI=1S/C22H19ClN2O4/c23-17-6-8-18(9-7-17)25-21(26)14-29-20-10-4-15(5-11-20)13-24-19-3-1-2-16(12-19)22(27)28/h1-12,24H,13-14H2,(H,25,26)(H,27,28). The van der Waals surface area contributed by atoms with Crippen LogP contribution in [0.5, 0.6) is 5.75 Å². The first-order valence-corrected chi connectivity index (χ1v) is 9.22. The maximum Gasteiger partial charge on any atom is 0.335 e. The molecule has 0 bridgehead atoms. The minimum atomic E-state index is -0.963. The lowest BCUT2D eigenvalue weighted by atomic mass is 10.2. The number of carboxylic acid groups (broad SMARTS) is 1. The van der Waals surface area contributed by atoms with Crippen molar-refractivity contribution in [2.24, 2.45) is 0 Å². The van der Waals surface area contributed by atoms with Crippen LogP contribution in [0.15, 0.2) is 72.8 Å². The third-order valence-corrected chi connectivity index (χ3v) is 4.28. The number of carbonyl (C=O) groups excluding carboxylic acids is 1. The summed E-state index contributed by atoms with van der Waals surface area (Å²) in [5, 5.41) is 15.5. The highest BCUT2D eigenvalue weighted by atomic mass is 35.5. The van der Waals surface area contributed by atoms with E-state index in [-0.39, 0.29) is 18.1 Å². The molecule has 3 aromatic carbocycles. The van der Waals surface area contributed by atoms with Crippen molar-refractivity contribution in [3.63, 3.8) is 0 Å². The molecule has 6 nitrogen and oxygen atoms in total. The number of carbonyl (C=O) groups is 2. The summed E-state index contributed by atoms with van der Waals surface area (Å²) in [5.74, 6) is -0.653. The summed E-state index contributed by atoms with van der Waals surface area (Å²) < 4.78 is 5.50. The second-order valence-electron chi connectivity index (χ2n) is 6.23. The summed E-state index contributed by atoms with van der Waals surface area (Å²) in [6.07, 6.45) is 0. The molecule has 29 heavy (non-hydrogen) atoms. The van der Waals surface area contributed by atoms with Gasteiger partial charge in [-0.3, -0.25) is 4.79 Å². The second-order valence-corrected chi connectivity index (χ2v) is 6.66. The van der Waals surface area contributed by atoms with Crippen LogP contribution in [0.1, 0.15) is 15.9 Å². The number of rotatable bonds is 8. The first-order valence-electron chi connectivity index (χ1n) is 8.84. The Morgan fingerprint density at radius 3 is 2.34 bits per heavy atom. The number of hydrogen-bond acceptors (Lipinski definition) is 4. The van der Waals surface area contributed by atoms with E-state index in [1.165, 1.54) is 0 Å². The Kier molecular flexibility index (Phi) is 6.71. The van der Waals surface area contributed by atoms with Crippen LogP contribution < -0.4 is 15.4 Å². The Hall–Kier alpha value is -3.51. The largest absolute Gasteiger partial charge is 0.484 e. The fourth-order valence-electron chi connectivity index (χ4n) is 2.55. The maximum atomic E-state index is 12.0. The van der Waals surface area contributed by atoms with E-state index < -0.39 is 5.97 Å². The van der Waals surface area contributed by atoms with Crippen LogP contribution in [-0.2, 0) is 11.3 Å². The minimum Gasteiger partial charge on any atom is -0.484 e. The lowest BCUT2D eigenvalue weighted by molar-refractivity contribution is -0.118. The molecule has 0 aromatic heterocycles. The van der Waals surface area contributed by atoms with Gasteiger partial charge in [0, 0.05) is 22.9 Å². The van der Waals surface area contributed by atoms with Gasteiger partial charge in [-0.05, 0) is 60.2 Å². The summed E-state index contributed by atoms with van der Waals surface area (Å²) in [6, 6.07) is 20.8. The van der Waals surface area contributed by atoms with Gasteiger partial charge in [-0.1, -0.05) is 29.8 Å². The molecule has 0 heterocycles. The highest BCUT2D eigenvalue weighted by molar-refractivity contribution is 6.30. The van der Waals surface area contributed by atoms with E-state index in [2.05, 4.69) is 10.6 Å². The molecule has 0 saturated carbocycles. The molecule has 7 heteroatoms. The van der Waals surface area contributed by atoms with Crippen molar-refractivity contribution in [3.05, 3.63) is 88.9 Å². The van der Waals surface area contributed by atoms with Crippen molar-refractivity contribution in [2.75, 3.05) is 17.2 Å². The van der Waals surface area contributed by atoms with Gasteiger partial charge < -0.3 is 20.5 Å². The molecular weight excluding hydrogens is 392 g/mol. The van der Waals surface area contributed by atoms with Crippen LogP contribution in [0.4, 0.5) is 11.4 Å². The predicted octanol–water partition coefficient (Wildman–Crippen LogP) is 4.67. The molecule has 148 valence electrons. The predicted molar refractivity (Wildman–Crippen MR) is 113 cm³/mol. The SMILES string of the molecule is O=C(COc1ccc(CNc2cccc(C(=O)O)c2)cc1)Nc1ccc(Cl)cc1. The Morgan fingerprint density at radius 1 is 0.931 bits per heavy atom. The number of halogens is 1. The fraction of sp³-hybridized carbons (Fsp3) is 0.0909. The summed E-state index contributed by atoms with van der Waals surface area (Å²) >= 11 is 5.81. The number of aromatic carboxylic acids is 1. The zero-order valence-electron chi connectivity index (χ0n) is 15.4. The summed E-state index contributed by atoms with van der Waals surface area (Å²) in [6.45, 7) is 0.419. The van der Waals surface area contributed by atoms with E-state index in [0.29, 0.717) is 23.0 Å². The van der Waals surface area contributed by atoms with E-state index in [4.69, 9.17) is 21.4 Å². The first-order chi connectivity index (χ1) is 14.0. The smallest absolute Gasteiger partial charge is 0.335 e. The Morgan fingerprint density at radius 2 is 1.66 bits per heavy atom. The molecule has 0 atom stereocenters. The van der Waals surface area contributed by atoms with Crippen LogP contribution in [0.3, 0.4) is 0 Å². The van der Waals surface area contributed by atoms with Gasteiger partial charge in [0.15, 0.2) is 6.61 Å². The normalized spacial score (nSPS) is 10.2. The van der Waals surface area contributed by atoms with Gasteiger partial charge in [0.05, 0.1) is 5.56 Å². The Balaban J connectivity index is 1.47. The number of benzene rings is 3. The lowest BCUT2D eigenvalue weighted by Crippen LogP contribution is -2.20. The van der Waals surface area contributed by atoms with Gasteiger partial charge >= 0.3 is 5.97 Å². The van der Waals surface area contributed by atoms with Crippen molar-refractivity contribution in [2.45, 2.75) is 6.54 Å². The van der Waals surface area contributed by atoms with Gasteiger partial charge in [-0.2, -0.15) is 0 Å². The number of hydrogen-bond donors (Lipinski definition) is 3. The minimum absolute atomic E-state index is 0.109. The summed E-state index contributed by atoms with van der Waals surface area (Å²) in [5.41, 5.74) is 2.60. The van der Waals surface area contributed by atoms with Crippen molar-refractivity contribution >= 4 is 34.9 Å². The van der Waals surface area contributed by atoms with Crippen LogP contribution in [0.2, 0.25) is 5.02 Å². The number of amides is 1. The topological polar surface area (TPSA) is 87.7 Å². The van der Waals surface area contributed by atoms with E-state index in [1.807, 2.05) is 18.2 Å². The monoisotopic (exact) mass is 410 g/mol. The molecule has 0 fully saturated rings. The van der Waals surface area contributed by atoms with Gasteiger partial charge in [0.1, 0.15) is 5.75 Å². The summed E-state index contributed by atoms with van der Waals surface area (Å²) in [7, 11) is 0. The molecule has 0 aliphatic heterocycles. The van der Waals surface area contributed by atoms with E-state index in [0.717, 1.165) is 11.3 Å². The molecule has 3 N–H and O–H groups in total. The molecule has 0 saturated heterocycles. The van der Waals surface area contributed by atoms with E-state index in [9.17, 15) is 9.59 Å². The number of anilines is 2. The third-order valence-electron chi connectivity index (χ3n) is 4.03. The highest BCUT2D eigenvalue weighted by Gasteiger charge is 2.05. The molecule has 0 aliphatic carbocycles. The van der Waals surface area contributed by atoms with Gasteiger partial charge in [0.25, 0.3) is 5.91 Å². The van der Waals surface area contributed by atoms with Crippen molar-refractivity contribution < 1.29 is 19.4 Å². The Bertz CT molecular complexity index is 988. The van der Waals surface area contributed by atoms with Gasteiger partial charge in [-0.25, -0.2) is 4.79 Å². The number of carboxylic acids is 1. The molecule has 3 rings (SSSR count). The first kappa shape index (κ1) is 20.2. The maximum absolute atomic E-state index is 12.0. The zero-order valence-corrected chi connectivity index (χ0v) is 16.1. The van der Waals surface area contributed by atoms with Crippen molar-refractivity contribution in [1.82, 2.24) is 0 Å². The highest BCUT2D eigenvalue weighted by Crippen LogP contribution is 2.16. The molecule has 3 aromatic rings. The average Bonchev–Trinajstić information content (AvgIpc) is 2.73. The van der Waals surface area contributed by atoms with Crippen LogP contribution in [0, 0.1) is 0 Å². The zero-order chi connectivity index (χ0) is 20.6. The molecule has 0 aliphatic rings. The fourth-order valence-corrected chi connectivity index (χ4v) is 2.68. The van der Waals surface area contributed by atoms with E-state index >= 15 is 0 Å². The number of ether oxygens (including phenoxy) is 1. The third kappa shape index (κ3) is 6.26. The second kappa shape index (κ2) is 9.61. The average molecular weight is 411 g/mol. The van der Waals surface area contributed by atoms with Crippen LogP contribution in [0.25, 0.3) is 0 Å². The molecular formula is C22H19ClN2O4. The molecule has 1 amide bonds. The Labute approximate surface area is 173 Å². The molecule has 0 unspecified atom stereocenters. The lowest BCUT2D eigenvalue weighted by Gasteiger charge is -2.10. The van der Waals surface area contributed by atoms with Gasteiger partial charge in [0.2, 0.25) is 0 Å². The van der Waals surface area contributed by atoms with E-state index in [1.54, 1.807) is 54.6 Å². The van der Waals surface area contributed by atoms with Crippen LogP contribution >= 0.6 is 11.6 Å². The van der Waals surface area contributed by atoms with Crippen LogP contribution in [-0.4, -0.2) is 23.6 Å². The number of nitrogens with one attached hydrogen (secondary N) is 2. The molecule has 0 spiro atoms. The summed E-state index contributed by atoms with van der Waals surface area (Å²) in [4.78, 5) is 23.0. The molecule has 0 radical (unpaired) electrons. The van der Waals surface area contributed by atoms with Crippen molar-refractivity contribution in [3.8, 4) is 5.75 Å². The quantitative estimate of drug-likeness (QED) is 0.502. The van der Waals surface area contributed by atoms with Gasteiger partial charge in [-0.15, -0.1) is 0 Å².